The van der Waals surface area contributed by atoms with Crippen molar-refractivity contribution in [3.8, 4) is 11.4 Å². The van der Waals surface area contributed by atoms with Gasteiger partial charge in [0.05, 0.1) is 22.9 Å². The Kier molecular flexibility index (Phi) is 3.30. The van der Waals surface area contributed by atoms with E-state index in [0.717, 1.165) is 29.6 Å². The van der Waals surface area contributed by atoms with E-state index < -0.39 is 0 Å². The van der Waals surface area contributed by atoms with Gasteiger partial charge in [0.1, 0.15) is 5.82 Å². The molecule has 0 unspecified atom stereocenters. The number of hydrogen-bond donors (Lipinski definition) is 4. The molecule has 0 bridgehead atoms. The number of nitrogens with two attached hydrogens (primary N) is 1. The lowest BCUT2D eigenvalue weighted by Gasteiger charge is -2.15. The van der Waals surface area contributed by atoms with Crippen LogP contribution in [-0.4, -0.2) is 42.4 Å². The summed E-state index contributed by atoms with van der Waals surface area (Å²) >= 11 is 0. The lowest BCUT2D eigenvalue weighted by atomic mass is 10.2. The van der Waals surface area contributed by atoms with E-state index in [9.17, 15) is 5.11 Å². The first-order valence-electron chi connectivity index (χ1n) is 7.57. The Balaban J connectivity index is 1.73. The van der Waals surface area contributed by atoms with Crippen molar-refractivity contribution < 1.29 is 5.11 Å². The maximum absolute atomic E-state index is 9.67. The molecule has 1 fully saturated rings. The van der Waals surface area contributed by atoms with Gasteiger partial charge in [-0.05, 0) is 37.5 Å². The normalized spacial score (nSPS) is 20.9. The molecule has 3 aromatic rings. The molecule has 0 saturated heterocycles. The smallest absolute Gasteiger partial charge is 0.224 e. The summed E-state index contributed by atoms with van der Waals surface area (Å²) in [5.74, 6) is 0.836. The molecule has 0 amide bonds. The standard InChI is InChI=1S/C15H17N7O/c16-15-20-13(18-8-1-2-9(23)7-8)10-3-4-11(19-14(10)21-15)12-5-6-17-22-12/h3-6,8-9,23H,1-2,7H2,(H,17,22)(H3,16,18,19,20,21)/t8-,9-/m0/s1. The quantitative estimate of drug-likeness (QED) is 0.574. The highest BCUT2D eigenvalue weighted by Crippen LogP contribution is 2.27. The van der Waals surface area contributed by atoms with E-state index in [4.69, 9.17) is 5.73 Å². The van der Waals surface area contributed by atoms with E-state index >= 15 is 0 Å². The van der Waals surface area contributed by atoms with Crippen molar-refractivity contribution in [3.05, 3.63) is 24.4 Å². The minimum atomic E-state index is -0.247. The first-order chi connectivity index (χ1) is 11.2. The number of nitrogens with one attached hydrogen (secondary N) is 2. The van der Waals surface area contributed by atoms with Crippen LogP contribution < -0.4 is 11.1 Å². The highest BCUT2D eigenvalue weighted by molar-refractivity contribution is 5.89. The molecule has 1 saturated carbocycles. The summed E-state index contributed by atoms with van der Waals surface area (Å²) in [6, 6.07) is 5.85. The zero-order chi connectivity index (χ0) is 15.8. The highest BCUT2D eigenvalue weighted by Gasteiger charge is 2.23. The van der Waals surface area contributed by atoms with Crippen LogP contribution in [-0.2, 0) is 0 Å². The second kappa shape index (κ2) is 5.47. The maximum Gasteiger partial charge on any atom is 0.224 e. The summed E-state index contributed by atoms with van der Waals surface area (Å²) in [5.41, 5.74) is 7.92. The predicted molar refractivity (Wildman–Crippen MR) is 86.6 cm³/mol. The average molecular weight is 311 g/mol. The fraction of sp³-hybridized carbons (Fsp3) is 0.333. The monoisotopic (exact) mass is 311 g/mol. The third-order valence-electron chi connectivity index (χ3n) is 4.10. The molecule has 118 valence electrons. The fourth-order valence-electron chi connectivity index (χ4n) is 2.97. The fourth-order valence-corrected chi connectivity index (χ4v) is 2.97. The van der Waals surface area contributed by atoms with Gasteiger partial charge in [-0.2, -0.15) is 15.1 Å². The van der Waals surface area contributed by atoms with Gasteiger partial charge >= 0.3 is 0 Å². The molecule has 2 atom stereocenters. The van der Waals surface area contributed by atoms with Crippen molar-refractivity contribution in [2.24, 2.45) is 0 Å². The van der Waals surface area contributed by atoms with Crippen LogP contribution in [0.1, 0.15) is 19.3 Å². The van der Waals surface area contributed by atoms with Crippen LogP contribution >= 0.6 is 0 Å². The van der Waals surface area contributed by atoms with Crippen LogP contribution in [0.15, 0.2) is 24.4 Å². The largest absolute Gasteiger partial charge is 0.393 e. The molecule has 1 aliphatic carbocycles. The van der Waals surface area contributed by atoms with Crippen molar-refractivity contribution in [3.63, 3.8) is 0 Å². The number of nitrogens with zero attached hydrogens (tertiary/aromatic N) is 4. The van der Waals surface area contributed by atoms with E-state index in [1.807, 2.05) is 18.2 Å². The lowest BCUT2D eigenvalue weighted by Crippen LogP contribution is -2.18. The summed E-state index contributed by atoms with van der Waals surface area (Å²) < 4.78 is 0. The van der Waals surface area contributed by atoms with Crippen LogP contribution in [0.5, 0.6) is 0 Å². The van der Waals surface area contributed by atoms with Gasteiger partial charge in [0.2, 0.25) is 5.95 Å². The minimum absolute atomic E-state index is 0.174. The number of pyridine rings is 1. The molecular formula is C15H17N7O. The van der Waals surface area contributed by atoms with E-state index in [1.165, 1.54) is 0 Å². The Morgan fingerprint density at radius 2 is 2.09 bits per heavy atom. The second-order valence-corrected chi connectivity index (χ2v) is 5.78. The number of fused-ring (bicyclic) bond motifs is 1. The van der Waals surface area contributed by atoms with Crippen LogP contribution in [0.4, 0.5) is 11.8 Å². The first kappa shape index (κ1) is 13.9. The van der Waals surface area contributed by atoms with Gasteiger partial charge in [-0.25, -0.2) is 4.98 Å². The molecule has 3 heterocycles. The number of hydrogen-bond acceptors (Lipinski definition) is 7. The number of H-pyrrole nitrogens is 1. The molecule has 5 N–H and O–H groups in total. The summed E-state index contributed by atoms with van der Waals surface area (Å²) in [5, 5.41) is 20.6. The zero-order valence-corrected chi connectivity index (χ0v) is 12.4. The maximum atomic E-state index is 9.67. The van der Waals surface area contributed by atoms with Crippen molar-refractivity contribution in [2.45, 2.75) is 31.4 Å². The number of aliphatic hydroxyl groups is 1. The number of aromatic amines is 1. The van der Waals surface area contributed by atoms with E-state index in [2.05, 4.69) is 30.5 Å². The Labute approximate surface area is 132 Å². The number of rotatable bonds is 3. The molecule has 3 aromatic heterocycles. The number of nitrogen functional groups attached to an aromatic ring is 1. The third kappa shape index (κ3) is 2.68. The molecular weight excluding hydrogens is 294 g/mol. The Morgan fingerprint density at radius 3 is 2.83 bits per heavy atom. The minimum Gasteiger partial charge on any atom is -0.393 e. The van der Waals surface area contributed by atoms with Crippen LogP contribution in [0.25, 0.3) is 22.4 Å². The SMILES string of the molecule is Nc1nc(N[C@H]2CC[C@H](O)C2)c2ccc(-c3ccn[nH]3)nc2n1. The van der Waals surface area contributed by atoms with E-state index in [1.54, 1.807) is 6.20 Å². The third-order valence-corrected chi connectivity index (χ3v) is 4.10. The summed E-state index contributed by atoms with van der Waals surface area (Å²) in [6.45, 7) is 0. The molecule has 1 aliphatic rings. The molecule has 0 aromatic carbocycles. The number of anilines is 2. The zero-order valence-electron chi connectivity index (χ0n) is 12.4. The molecule has 0 radical (unpaired) electrons. The van der Waals surface area contributed by atoms with Crippen molar-refractivity contribution in [2.75, 3.05) is 11.1 Å². The van der Waals surface area contributed by atoms with Crippen LogP contribution in [0.2, 0.25) is 0 Å². The molecule has 4 rings (SSSR count). The van der Waals surface area contributed by atoms with Gasteiger partial charge in [0, 0.05) is 12.2 Å². The summed E-state index contributed by atoms with van der Waals surface area (Å²) in [7, 11) is 0. The molecule has 8 heteroatoms. The van der Waals surface area contributed by atoms with Crippen molar-refractivity contribution in [1.29, 1.82) is 0 Å². The van der Waals surface area contributed by atoms with Gasteiger partial charge in [-0.15, -0.1) is 0 Å². The van der Waals surface area contributed by atoms with Crippen molar-refractivity contribution in [1.82, 2.24) is 25.1 Å². The predicted octanol–water partition coefficient (Wildman–Crippen LogP) is 1.32. The first-order valence-corrected chi connectivity index (χ1v) is 7.57. The van der Waals surface area contributed by atoms with E-state index in [-0.39, 0.29) is 18.1 Å². The number of aromatic nitrogens is 5. The lowest BCUT2D eigenvalue weighted by molar-refractivity contribution is 0.182. The Bertz CT molecular complexity index is 833. The Hall–Kier alpha value is -2.74. The summed E-state index contributed by atoms with van der Waals surface area (Å²) in [6.07, 6.45) is 3.85. The molecule has 23 heavy (non-hydrogen) atoms. The molecule has 8 nitrogen and oxygen atoms in total. The van der Waals surface area contributed by atoms with Gasteiger partial charge in [-0.3, -0.25) is 5.10 Å². The summed E-state index contributed by atoms with van der Waals surface area (Å²) in [4.78, 5) is 13.1. The Morgan fingerprint density at radius 1 is 1.17 bits per heavy atom. The highest BCUT2D eigenvalue weighted by atomic mass is 16.3. The topological polar surface area (TPSA) is 126 Å². The second-order valence-electron chi connectivity index (χ2n) is 5.78. The van der Waals surface area contributed by atoms with Crippen molar-refractivity contribution >= 4 is 22.8 Å². The van der Waals surface area contributed by atoms with Gasteiger partial charge < -0.3 is 16.2 Å². The molecule has 0 spiro atoms. The van der Waals surface area contributed by atoms with Gasteiger partial charge in [0.15, 0.2) is 5.65 Å². The van der Waals surface area contributed by atoms with E-state index in [0.29, 0.717) is 17.9 Å². The van der Waals surface area contributed by atoms with Gasteiger partial charge in [0.25, 0.3) is 0 Å². The molecule has 0 aliphatic heterocycles. The van der Waals surface area contributed by atoms with Crippen LogP contribution in [0.3, 0.4) is 0 Å². The van der Waals surface area contributed by atoms with Crippen LogP contribution in [0, 0.1) is 0 Å². The number of aliphatic hydroxyl groups excluding tert-OH is 1. The average Bonchev–Trinajstić information content (AvgIpc) is 3.18. The van der Waals surface area contributed by atoms with Gasteiger partial charge in [-0.1, -0.05) is 0 Å².